The zero-order valence-corrected chi connectivity index (χ0v) is 12.8. The van der Waals surface area contributed by atoms with Crippen molar-refractivity contribution in [2.45, 2.75) is 0 Å². The van der Waals surface area contributed by atoms with E-state index < -0.39 is 5.97 Å². The Morgan fingerprint density at radius 1 is 1.38 bits per heavy atom. The van der Waals surface area contributed by atoms with Gasteiger partial charge in [-0.25, -0.2) is 9.78 Å². The van der Waals surface area contributed by atoms with Crippen molar-refractivity contribution in [3.05, 3.63) is 25.5 Å². The van der Waals surface area contributed by atoms with Gasteiger partial charge in [0.2, 0.25) is 0 Å². The lowest BCUT2D eigenvalue weighted by atomic mass is 10.3. The predicted molar refractivity (Wildman–Crippen MR) is 72.2 cm³/mol. The number of carbonyl (C=O) groups excluding carboxylic acids is 1. The number of thiazole rings is 1. The van der Waals surface area contributed by atoms with Crippen LogP contribution in [0.25, 0.3) is 9.75 Å². The minimum Gasteiger partial charge on any atom is -0.464 e. The number of methoxy groups -OCH3 is 1. The topological polar surface area (TPSA) is 39.2 Å². The van der Waals surface area contributed by atoms with Crippen molar-refractivity contribution in [2.24, 2.45) is 0 Å². The number of ether oxygens (including phenoxy) is 1. The molecule has 0 radical (unpaired) electrons. The Kier molecular flexibility index (Phi) is 3.78. The highest BCUT2D eigenvalue weighted by molar-refractivity contribution is 9.11. The van der Waals surface area contributed by atoms with Gasteiger partial charge in [-0.05, 0) is 44.0 Å². The van der Waals surface area contributed by atoms with Gasteiger partial charge >= 0.3 is 5.97 Å². The molecule has 2 aromatic rings. The van der Waals surface area contributed by atoms with Crippen LogP contribution in [0, 0.1) is 0 Å². The van der Waals surface area contributed by atoms with Crippen molar-refractivity contribution in [2.75, 3.05) is 7.11 Å². The second-order valence-corrected chi connectivity index (χ2v) is 7.48. The summed E-state index contributed by atoms with van der Waals surface area (Å²) >= 11 is 9.64. The van der Waals surface area contributed by atoms with Crippen molar-refractivity contribution in [3.63, 3.8) is 0 Å². The average molecular weight is 383 g/mol. The third kappa shape index (κ3) is 2.37. The van der Waals surface area contributed by atoms with E-state index >= 15 is 0 Å². The predicted octanol–water partition coefficient (Wildman–Crippen LogP) is 4.18. The Hall–Kier alpha value is -0.240. The van der Waals surface area contributed by atoms with Gasteiger partial charge in [-0.2, -0.15) is 0 Å². The van der Waals surface area contributed by atoms with Gasteiger partial charge in [0.25, 0.3) is 0 Å². The van der Waals surface area contributed by atoms with Crippen LogP contribution < -0.4 is 0 Å². The molecule has 2 rings (SSSR count). The number of hydrogen-bond donors (Lipinski definition) is 0. The third-order valence-electron chi connectivity index (χ3n) is 1.78. The number of thiophene rings is 1. The molecule has 0 spiro atoms. The van der Waals surface area contributed by atoms with E-state index in [1.165, 1.54) is 18.4 Å². The van der Waals surface area contributed by atoms with Gasteiger partial charge < -0.3 is 4.74 Å². The van der Waals surface area contributed by atoms with Crippen LogP contribution in [0.5, 0.6) is 0 Å². The fourth-order valence-corrected chi connectivity index (χ4v) is 4.07. The van der Waals surface area contributed by atoms with Gasteiger partial charge in [-0.15, -0.1) is 22.7 Å². The van der Waals surface area contributed by atoms with E-state index in [1.807, 2.05) is 12.1 Å². The molecule has 0 N–H and O–H groups in total. The molecule has 2 aromatic heterocycles. The molecule has 7 heteroatoms. The summed E-state index contributed by atoms with van der Waals surface area (Å²) in [5, 5.41) is 0. The van der Waals surface area contributed by atoms with Gasteiger partial charge in [0.1, 0.15) is 0 Å². The van der Waals surface area contributed by atoms with Gasteiger partial charge in [-0.1, -0.05) is 0 Å². The Balaban J connectivity index is 2.52. The molecule has 3 nitrogen and oxygen atoms in total. The summed E-state index contributed by atoms with van der Waals surface area (Å²) in [7, 11) is 1.35. The quantitative estimate of drug-likeness (QED) is 0.731. The van der Waals surface area contributed by atoms with Crippen molar-refractivity contribution in [1.82, 2.24) is 4.98 Å². The van der Waals surface area contributed by atoms with Gasteiger partial charge in [0.15, 0.2) is 9.61 Å². The molecule has 0 aliphatic carbocycles. The molecule has 84 valence electrons. The van der Waals surface area contributed by atoms with E-state index in [0.717, 1.165) is 13.5 Å². The highest BCUT2D eigenvalue weighted by Crippen LogP contribution is 2.38. The molecule has 0 saturated heterocycles. The first-order valence-electron chi connectivity index (χ1n) is 4.12. The SMILES string of the molecule is COC(=O)c1nc(Br)sc1-c1ccc(Br)s1. The summed E-state index contributed by atoms with van der Waals surface area (Å²) in [6, 6.07) is 3.88. The normalized spacial score (nSPS) is 10.4. The first kappa shape index (κ1) is 12.2. The van der Waals surface area contributed by atoms with Gasteiger partial charge in [0, 0.05) is 4.88 Å². The molecule has 0 atom stereocenters. The number of aromatic nitrogens is 1. The lowest BCUT2D eigenvalue weighted by Crippen LogP contribution is -2.02. The fourth-order valence-electron chi connectivity index (χ4n) is 1.13. The molecule has 0 saturated carbocycles. The molecule has 0 amide bonds. The molecule has 0 aliphatic heterocycles. The molecule has 0 unspecified atom stereocenters. The molecular weight excluding hydrogens is 378 g/mol. The van der Waals surface area contributed by atoms with Crippen molar-refractivity contribution < 1.29 is 9.53 Å². The van der Waals surface area contributed by atoms with E-state index in [9.17, 15) is 4.79 Å². The summed E-state index contributed by atoms with van der Waals surface area (Å²) in [6.45, 7) is 0. The summed E-state index contributed by atoms with van der Waals surface area (Å²) in [6.07, 6.45) is 0. The highest BCUT2D eigenvalue weighted by atomic mass is 79.9. The van der Waals surface area contributed by atoms with Crippen LogP contribution in [-0.2, 0) is 4.74 Å². The maximum absolute atomic E-state index is 11.5. The van der Waals surface area contributed by atoms with Crippen molar-refractivity contribution in [1.29, 1.82) is 0 Å². The molecule has 0 aromatic carbocycles. The Morgan fingerprint density at radius 2 is 2.12 bits per heavy atom. The van der Waals surface area contributed by atoms with Crippen LogP contribution >= 0.6 is 54.5 Å². The van der Waals surface area contributed by atoms with E-state index in [4.69, 9.17) is 4.74 Å². The minimum absolute atomic E-state index is 0.355. The summed E-state index contributed by atoms with van der Waals surface area (Å²) in [5.74, 6) is -0.415. The second kappa shape index (κ2) is 4.95. The maximum atomic E-state index is 11.5. The molecule has 16 heavy (non-hydrogen) atoms. The zero-order valence-electron chi connectivity index (χ0n) is 7.99. The number of rotatable bonds is 2. The second-order valence-electron chi connectivity index (χ2n) is 2.74. The highest BCUT2D eigenvalue weighted by Gasteiger charge is 2.20. The number of halogens is 2. The molecule has 0 fully saturated rings. The zero-order chi connectivity index (χ0) is 11.7. The Bertz CT molecular complexity index is 535. The van der Waals surface area contributed by atoms with E-state index in [2.05, 4.69) is 36.8 Å². The number of esters is 1. The van der Waals surface area contributed by atoms with Crippen LogP contribution in [0.15, 0.2) is 19.8 Å². The van der Waals surface area contributed by atoms with Gasteiger partial charge in [-0.3, -0.25) is 0 Å². The first-order chi connectivity index (χ1) is 7.61. The average Bonchev–Trinajstić information content (AvgIpc) is 2.83. The molecule has 0 aliphatic rings. The Morgan fingerprint density at radius 3 is 2.69 bits per heavy atom. The fraction of sp³-hybridized carbons (Fsp3) is 0.111. The molecular formula is C9H5Br2NO2S2. The van der Waals surface area contributed by atoms with Crippen LogP contribution in [0.2, 0.25) is 0 Å². The third-order valence-corrected chi connectivity index (χ3v) is 5.09. The molecule has 0 bridgehead atoms. The van der Waals surface area contributed by atoms with Crippen LogP contribution in [0.3, 0.4) is 0 Å². The van der Waals surface area contributed by atoms with E-state index in [-0.39, 0.29) is 0 Å². The van der Waals surface area contributed by atoms with Crippen LogP contribution in [0.4, 0.5) is 0 Å². The van der Waals surface area contributed by atoms with Crippen molar-refractivity contribution >= 4 is 60.5 Å². The number of hydrogen-bond acceptors (Lipinski definition) is 5. The lowest BCUT2D eigenvalue weighted by Gasteiger charge is -1.96. The lowest BCUT2D eigenvalue weighted by molar-refractivity contribution is 0.0595. The summed E-state index contributed by atoms with van der Waals surface area (Å²) in [5.41, 5.74) is 0.355. The monoisotopic (exact) mass is 381 g/mol. The number of nitrogens with zero attached hydrogens (tertiary/aromatic N) is 1. The minimum atomic E-state index is -0.415. The molecule has 2 heterocycles. The summed E-state index contributed by atoms with van der Waals surface area (Å²) < 4.78 is 6.39. The Labute approximate surface area is 117 Å². The van der Waals surface area contributed by atoms with Gasteiger partial charge in [0.05, 0.1) is 15.8 Å². The van der Waals surface area contributed by atoms with Crippen molar-refractivity contribution in [3.8, 4) is 9.75 Å². The standard InChI is InChI=1S/C9H5Br2NO2S2/c1-14-8(13)6-7(16-9(11)12-6)4-2-3-5(10)15-4/h2-3H,1H3. The van der Waals surface area contributed by atoms with Crippen LogP contribution in [-0.4, -0.2) is 18.1 Å². The van der Waals surface area contributed by atoms with E-state index in [0.29, 0.717) is 9.61 Å². The largest absolute Gasteiger partial charge is 0.464 e. The smallest absolute Gasteiger partial charge is 0.358 e. The maximum Gasteiger partial charge on any atom is 0.358 e. The number of carbonyl (C=O) groups is 1. The van der Waals surface area contributed by atoms with Crippen LogP contribution in [0.1, 0.15) is 10.5 Å². The first-order valence-corrected chi connectivity index (χ1v) is 7.34. The summed E-state index contributed by atoms with van der Waals surface area (Å²) in [4.78, 5) is 17.5. The van der Waals surface area contributed by atoms with E-state index in [1.54, 1.807) is 11.3 Å².